The molecule has 20 heavy (non-hydrogen) atoms. The van der Waals surface area contributed by atoms with Gasteiger partial charge in [0.25, 0.3) is 0 Å². The second-order valence-corrected chi connectivity index (χ2v) is 4.67. The van der Waals surface area contributed by atoms with Gasteiger partial charge in [-0.3, -0.25) is 4.98 Å². The standard InChI is InChI=1S/C16H19FN2O/c1-3-15-16(7-4-11(2)19-15)20-10-13-6-5-12(9-18)8-14(13)17/h4-8H,3,9-10,18H2,1-2H3. The van der Waals surface area contributed by atoms with E-state index in [-0.39, 0.29) is 12.4 Å². The Morgan fingerprint density at radius 1 is 1.25 bits per heavy atom. The van der Waals surface area contributed by atoms with Crippen LogP contribution in [0.15, 0.2) is 30.3 Å². The highest BCUT2D eigenvalue weighted by Gasteiger charge is 2.07. The fraction of sp³-hybridized carbons (Fsp3) is 0.312. The van der Waals surface area contributed by atoms with E-state index >= 15 is 0 Å². The molecule has 2 N–H and O–H groups in total. The van der Waals surface area contributed by atoms with Crippen molar-refractivity contribution >= 4 is 0 Å². The minimum atomic E-state index is -0.286. The Morgan fingerprint density at radius 3 is 2.70 bits per heavy atom. The van der Waals surface area contributed by atoms with Crippen LogP contribution in [0.2, 0.25) is 0 Å². The van der Waals surface area contributed by atoms with Gasteiger partial charge in [-0.2, -0.15) is 0 Å². The van der Waals surface area contributed by atoms with E-state index in [1.54, 1.807) is 6.07 Å². The van der Waals surface area contributed by atoms with Crippen LogP contribution in [0.3, 0.4) is 0 Å². The van der Waals surface area contributed by atoms with Gasteiger partial charge in [0.05, 0.1) is 5.69 Å². The van der Waals surface area contributed by atoms with Crippen LogP contribution >= 0.6 is 0 Å². The number of hydrogen-bond acceptors (Lipinski definition) is 3. The predicted octanol–water partition coefficient (Wildman–Crippen LogP) is 3.13. The molecule has 0 fully saturated rings. The summed E-state index contributed by atoms with van der Waals surface area (Å²) in [6, 6.07) is 8.75. The van der Waals surface area contributed by atoms with Crippen molar-refractivity contribution in [1.82, 2.24) is 4.98 Å². The van der Waals surface area contributed by atoms with E-state index in [0.29, 0.717) is 17.9 Å². The summed E-state index contributed by atoms with van der Waals surface area (Å²) in [6.07, 6.45) is 0.783. The van der Waals surface area contributed by atoms with Gasteiger partial charge in [-0.15, -0.1) is 0 Å². The smallest absolute Gasteiger partial charge is 0.141 e. The Kier molecular flexibility index (Phi) is 4.69. The molecule has 0 amide bonds. The number of hydrogen-bond donors (Lipinski definition) is 1. The lowest BCUT2D eigenvalue weighted by Gasteiger charge is -2.11. The van der Waals surface area contributed by atoms with E-state index in [0.717, 1.165) is 23.4 Å². The van der Waals surface area contributed by atoms with Gasteiger partial charge in [-0.05, 0) is 37.1 Å². The van der Waals surface area contributed by atoms with Crippen molar-refractivity contribution in [3.63, 3.8) is 0 Å². The van der Waals surface area contributed by atoms with Crippen molar-refractivity contribution in [2.45, 2.75) is 33.4 Å². The van der Waals surface area contributed by atoms with Gasteiger partial charge in [-0.1, -0.05) is 19.1 Å². The molecular formula is C16H19FN2O. The van der Waals surface area contributed by atoms with Gasteiger partial charge < -0.3 is 10.5 Å². The first-order valence-electron chi connectivity index (χ1n) is 6.70. The summed E-state index contributed by atoms with van der Waals surface area (Å²) < 4.78 is 19.5. The fourth-order valence-electron chi connectivity index (χ4n) is 1.97. The summed E-state index contributed by atoms with van der Waals surface area (Å²) in [4.78, 5) is 4.42. The number of ether oxygens (including phenoxy) is 1. The Bertz CT molecular complexity index is 599. The molecule has 0 unspecified atom stereocenters. The van der Waals surface area contributed by atoms with Gasteiger partial charge in [0.1, 0.15) is 18.2 Å². The molecule has 0 saturated heterocycles. The molecule has 0 saturated carbocycles. The van der Waals surface area contributed by atoms with Gasteiger partial charge in [-0.25, -0.2) is 4.39 Å². The lowest BCUT2D eigenvalue weighted by molar-refractivity contribution is 0.295. The molecule has 0 radical (unpaired) electrons. The topological polar surface area (TPSA) is 48.1 Å². The maximum absolute atomic E-state index is 13.8. The normalized spacial score (nSPS) is 10.6. The van der Waals surface area contributed by atoms with Gasteiger partial charge in [0.15, 0.2) is 0 Å². The summed E-state index contributed by atoms with van der Waals surface area (Å²) in [5, 5.41) is 0. The zero-order chi connectivity index (χ0) is 14.5. The molecule has 3 nitrogen and oxygen atoms in total. The van der Waals surface area contributed by atoms with Crippen molar-refractivity contribution in [2.75, 3.05) is 0 Å². The van der Waals surface area contributed by atoms with Crippen LogP contribution in [-0.2, 0) is 19.6 Å². The van der Waals surface area contributed by atoms with Gasteiger partial charge >= 0.3 is 0 Å². The average molecular weight is 274 g/mol. The highest BCUT2D eigenvalue weighted by atomic mass is 19.1. The van der Waals surface area contributed by atoms with Crippen LogP contribution in [-0.4, -0.2) is 4.98 Å². The number of aromatic nitrogens is 1. The first kappa shape index (κ1) is 14.5. The fourth-order valence-corrected chi connectivity index (χ4v) is 1.97. The van der Waals surface area contributed by atoms with Crippen LogP contribution in [0.1, 0.15) is 29.4 Å². The molecule has 0 aliphatic rings. The lowest BCUT2D eigenvalue weighted by Crippen LogP contribution is -2.04. The molecule has 2 aromatic rings. The summed E-state index contributed by atoms with van der Waals surface area (Å²) in [7, 11) is 0. The SMILES string of the molecule is CCc1nc(C)ccc1OCc1ccc(CN)cc1F. The summed E-state index contributed by atoms with van der Waals surface area (Å²) in [6.45, 7) is 4.48. The number of benzene rings is 1. The highest BCUT2D eigenvalue weighted by Crippen LogP contribution is 2.20. The molecule has 1 heterocycles. The molecular weight excluding hydrogens is 255 g/mol. The summed E-state index contributed by atoms with van der Waals surface area (Å²) >= 11 is 0. The minimum absolute atomic E-state index is 0.189. The van der Waals surface area contributed by atoms with E-state index in [2.05, 4.69) is 4.98 Å². The van der Waals surface area contributed by atoms with Crippen LogP contribution in [0.25, 0.3) is 0 Å². The maximum atomic E-state index is 13.8. The molecule has 0 spiro atoms. The molecule has 0 aliphatic heterocycles. The second kappa shape index (κ2) is 6.48. The Hall–Kier alpha value is -1.94. The molecule has 2 rings (SSSR count). The first-order chi connectivity index (χ1) is 9.63. The minimum Gasteiger partial charge on any atom is -0.487 e. The summed E-state index contributed by atoms with van der Waals surface area (Å²) in [5.74, 6) is 0.423. The third-order valence-electron chi connectivity index (χ3n) is 3.14. The maximum Gasteiger partial charge on any atom is 0.141 e. The Balaban J connectivity index is 2.12. The van der Waals surface area contributed by atoms with Crippen molar-refractivity contribution < 1.29 is 9.13 Å². The summed E-state index contributed by atoms with van der Waals surface area (Å²) in [5.41, 5.74) is 8.62. The number of halogens is 1. The number of nitrogens with two attached hydrogens (primary N) is 1. The molecule has 4 heteroatoms. The van der Waals surface area contributed by atoms with Crippen molar-refractivity contribution in [1.29, 1.82) is 0 Å². The number of rotatable bonds is 5. The van der Waals surface area contributed by atoms with Gasteiger partial charge in [0, 0.05) is 17.8 Å². The zero-order valence-electron chi connectivity index (χ0n) is 11.8. The van der Waals surface area contributed by atoms with Crippen molar-refractivity contribution in [3.8, 4) is 5.75 Å². The van der Waals surface area contributed by atoms with Gasteiger partial charge in [0.2, 0.25) is 0 Å². The lowest BCUT2D eigenvalue weighted by atomic mass is 10.1. The largest absolute Gasteiger partial charge is 0.487 e. The quantitative estimate of drug-likeness (QED) is 0.911. The van der Waals surface area contributed by atoms with Crippen LogP contribution in [0, 0.1) is 12.7 Å². The molecule has 1 aromatic heterocycles. The van der Waals surface area contributed by atoms with Crippen LogP contribution in [0.4, 0.5) is 4.39 Å². The monoisotopic (exact) mass is 274 g/mol. The second-order valence-electron chi connectivity index (χ2n) is 4.67. The first-order valence-corrected chi connectivity index (χ1v) is 6.70. The van der Waals surface area contributed by atoms with E-state index in [9.17, 15) is 4.39 Å². The average Bonchev–Trinajstić information content (AvgIpc) is 2.46. The van der Waals surface area contributed by atoms with E-state index in [1.165, 1.54) is 6.07 Å². The van der Waals surface area contributed by atoms with Crippen molar-refractivity contribution in [2.24, 2.45) is 5.73 Å². The molecule has 1 aromatic carbocycles. The Morgan fingerprint density at radius 2 is 2.05 bits per heavy atom. The molecule has 0 aliphatic carbocycles. The molecule has 106 valence electrons. The van der Waals surface area contributed by atoms with E-state index in [1.807, 2.05) is 32.0 Å². The molecule has 0 bridgehead atoms. The Labute approximate surface area is 118 Å². The third-order valence-corrected chi connectivity index (χ3v) is 3.14. The number of nitrogens with zero attached hydrogens (tertiary/aromatic N) is 1. The number of pyridine rings is 1. The van der Waals surface area contributed by atoms with Crippen LogP contribution < -0.4 is 10.5 Å². The molecule has 0 atom stereocenters. The predicted molar refractivity (Wildman–Crippen MR) is 77.0 cm³/mol. The van der Waals surface area contributed by atoms with E-state index in [4.69, 9.17) is 10.5 Å². The van der Waals surface area contributed by atoms with E-state index < -0.39 is 0 Å². The third kappa shape index (κ3) is 3.33. The highest BCUT2D eigenvalue weighted by molar-refractivity contribution is 5.30. The number of aryl methyl sites for hydroxylation is 2. The zero-order valence-corrected chi connectivity index (χ0v) is 11.8. The van der Waals surface area contributed by atoms with Crippen LogP contribution in [0.5, 0.6) is 5.75 Å². The van der Waals surface area contributed by atoms with Crippen molar-refractivity contribution in [3.05, 3.63) is 58.7 Å².